The van der Waals surface area contributed by atoms with Crippen molar-refractivity contribution in [2.45, 2.75) is 19.6 Å². The molecule has 0 saturated carbocycles. The fraction of sp³-hybridized carbons (Fsp3) is 0.217. The van der Waals surface area contributed by atoms with E-state index in [0.29, 0.717) is 15.8 Å². The van der Waals surface area contributed by atoms with Gasteiger partial charge in [-0.2, -0.15) is 5.10 Å². The summed E-state index contributed by atoms with van der Waals surface area (Å²) in [6.45, 7) is 3.95. The molecule has 0 aliphatic heterocycles. The van der Waals surface area contributed by atoms with Crippen molar-refractivity contribution in [1.29, 1.82) is 0 Å². The summed E-state index contributed by atoms with van der Waals surface area (Å²) in [7, 11) is 1.64. The highest BCUT2D eigenvalue weighted by atomic mass is 35.5. The van der Waals surface area contributed by atoms with Crippen LogP contribution >= 0.6 is 35.0 Å². The van der Waals surface area contributed by atoms with Crippen LogP contribution in [-0.2, 0) is 10.5 Å². The minimum absolute atomic E-state index is 0.151. The molecule has 0 spiro atoms. The second-order valence-corrected chi connectivity index (χ2v) is 8.64. The summed E-state index contributed by atoms with van der Waals surface area (Å²) in [6.07, 6.45) is 1.64. The second-order valence-electron chi connectivity index (χ2n) is 6.87. The summed E-state index contributed by atoms with van der Waals surface area (Å²) < 4.78 is 7.16. The molecule has 3 rings (SSSR count). The van der Waals surface area contributed by atoms with Gasteiger partial charge in [0.25, 0.3) is 0 Å². The fourth-order valence-electron chi connectivity index (χ4n) is 3.14. The lowest BCUT2D eigenvalue weighted by molar-refractivity contribution is -0.118. The largest absolute Gasteiger partial charge is 0.497 e. The molecule has 3 aromatic rings. The average molecular weight is 476 g/mol. The normalized spacial score (nSPS) is 11.1. The molecular formula is C23H23Cl2N3O2S. The highest BCUT2D eigenvalue weighted by Gasteiger charge is 2.13. The lowest BCUT2D eigenvalue weighted by Gasteiger charge is -2.12. The van der Waals surface area contributed by atoms with E-state index in [-0.39, 0.29) is 5.91 Å². The Morgan fingerprint density at radius 3 is 2.65 bits per heavy atom. The molecule has 0 fully saturated rings. The molecule has 0 atom stereocenters. The van der Waals surface area contributed by atoms with Crippen LogP contribution in [0.1, 0.15) is 22.5 Å². The van der Waals surface area contributed by atoms with Gasteiger partial charge in [-0.25, -0.2) is 5.43 Å². The number of rotatable bonds is 8. The number of carbonyl (C=O) groups excluding carboxylic acids is 1. The molecule has 0 aliphatic carbocycles. The van der Waals surface area contributed by atoms with Gasteiger partial charge in [0.15, 0.2) is 0 Å². The van der Waals surface area contributed by atoms with Gasteiger partial charge < -0.3 is 9.30 Å². The predicted molar refractivity (Wildman–Crippen MR) is 130 cm³/mol. The molecule has 1 N–H and O–H groups in total. The number of thioether (sulfide) groups is 1. The van der Waals surface area contributed by atoms with Crippen LogP contribution in [0.25, 0.3) is 5.69 Å². The zero-order valence-electron chi connectivity index (χ0n) is 17.5. The molecule has 0 unspecified atom stereocenters. The second kappa shape index (κ2) is 10.8. The zero-order chi connectivity index (χ0) is 22.4. The van der Waals surface area contributed by atoms with E-state index >= 15 is 0 Å². The Morgan fingerprint density at radius 2 is 1.94 bits per heavy atom. The van der Waals surface area contributed by atoms with Gasteiger partial charge >= 0.3 is 0 Å². The number of hydrazone groups is 1. The van der Waals surface area contributed by atoms with Crippen LogP contribution in [0.5, 0.6) is 5.75 Å². The number of methoxy groups -OCH3 is 1. The van der Waals surface area contributed by atoms with Crippen LogP contribution in [0, 0.1) is 13.8 Å². The third-order valence-electron chi connectivity index (χ3n) is 4.70. The summed E-state index contributed by atoms with van der Waals surface area (Å²) in [4.78, 5) is 12.1. The highest BCUT2D eigenvalue weighted by Crippen LogP contribution is 2.31. The molecular weight excluding hydrogens is 453 g/mol. The van der Waals surface area contributed by atoms with E-state index in [2.05, 4.69) is 10.5 Å². The van der Waals surface area contributed by atoms with Gasteiger partial charge in [0.1, 0.15) is 5.75 Å². The molecule has 1 aromatic heterocycles. The zero-order valence-corrected chi connectivity index (χ0v) is 19.8. The molecule has 1 heterocycles. The Hall–Kier alpha value is -2.41. The monoisotopic (exact) mass is 475 g/mol. The molecule has 2 aromatic carbocycles. The number of aromatic nitrogens is 1. The van der Waals surface area contributed by atoms with Crippen molar-refractivity contribution in [2.75, 3.05) is 12.9 Å². The van der Waals surface area contributed by atoms with Gasteiger partial charge in [0.05, 0.1) is 34.8 Å². The third kappa shape index (κ3) is 5.85. The third-order valence-corrected chi connectivity index (χ3v) is 6.51. The van der Waals surface area contributed by atoms with E-state index < -0.39 is 0 Å². The van der Waals surface area contributed by atoms with Crippen LogP contribution in [0.2, 0.25) is 10.0 Å². The van der Waals surface area contributed by atoms with Crippen LogP contribution in [0.15, 0.2) is 53.6 Å². The first-order valence-electron chi connectivity index (χ1n) is 9.56. The summed E-state index contributed by atoms with van der Waals surface area (Å²) in [6, 6.07) is 15.3. The Morgan fingerprint density at radius 1 is 1.19 bits per heavy atom. The van der Waals surface area contributed by atoms with Crippen molar-refractivity contribution in [2.24, 2.45) is 5.10 Å². The molecule has 31 heavy (non-hydrogen) atoms. The van der Waals surface area contributed by atoms with E-state index in [0.717, 1.165) is 39.7 Å². The first-order valence-corrected chi connectivity index (χ1v) is 11.5. The van der Waals surface area contributed by atoms with Crippen LogP contribution in [0.3, 0.4) is 0 Å². The minimum Gasteiger partial charge on any atom is -0.497 e. The summed E-state index contributed by atoms with van der Waals surface area (Å²) in [5.74, 6) is 1.72. The summed E-state index contributed by atoms with van der Waals surface area (Å²) in [5.41, 5.74) is 7.36. The van der Waals surface area contributed by atoms with Crippen molar-refractivity contribution in [1.82, 2.24) is 9.99 Å². The topological polar surface area (TPSA) is 55.6 Å². The van der Waals surface area contributed by atoms with Gasteiger partial charge in [-0.15, -0.1) is 11.8 Å². The smallest absolute Gasteiger partial charge is 0.250 e. The van der Waals surface area contributed by atoms with Crippen LogP contribution in [0.4, 0.5) is 0 Å². The number of amides is 1. The maximum Gasteiger partial charge on any atom is 0.250 e. The molecule has 5 nitrogen and oxygen atoms in total. The number of nitrogens with one attached hydrogen (secondary N) is 1. The fourth-order valence-corrected chi connectivity index (χ4v) is 4.30. The number of hydrogen-bond donors (Lipinski definition) is 1. The van der Waals surface area contributed by atoms with Gasteiger partial charge in [0, 0.05) is 22.7 Å². The van der Waals surface area contributed by atoms with Crippen molar-refractivity contribution >= 4 is 47.1 Å². The Labute approximate surface area is 196 Å². The number of aryl methyl sites for hydroxylation is 1. The number of carbonyl (C=O) groups is 1. The quantitative estimate of drug-likeness (QED) is 0.331. The Kier molecular flexibility index (Phi) is 8.07. The number of hydrogen-bond acceptors (Lipinski definition) is 4. The minimum atomic E-state index is -0.151. The van der Waals surface area contributed by atoms with Crippen molar-refractivity contribution in [3.05, 3.63) is 81.1 Å². The van der Waals surface area contributed by atoms with Crippen molar-refractivity contribution in [3.8, 4) is 11.4 Å². The van der Waals surface area contributed by atoms with E-state index in [1.165, 1.54) is 11.8 Å². The number of nitrogens with zero attached hydrogens (tertiary/aromatic N) is 2. The number of benzene rings is 2. The number of halogens is 2. The lowest BCUT2D eigenvalue weighted by atomic mass is 10.2. The van der Waals surface area contributed by atoms with Gasteiger partial charge in [-0.05, 0) is 49.7 Å². The molecule has 162 valence electrons. The molecule has 0 aliphatic rings. The predicted octanol–water partition coefficient (Wildman–Crippen LogP) is 5.79. The van der Waals surface area contributed by atoms with E-state index in [4.69, 9.17) is 27.9 Å². The lowest BCUT2D eigenvalue weighted by Crippen LogP contribution is -2.19. The maximum absolute atomic E-state index is 12.1. The van der Waals surface area contributed by atoms with Gasteiger partial charge in [0.2, 0.25) is 5.91 Å². The van der Waals surface area contributed by atoms with Crippen molar-refractivity contribution in [3.63, 3.8) is 0 Å². The first-order chi connectivity index (χ1) is 14.9. The summed E-state index contributed by atoms with van der Waals surface area (Å²) >= 11 is 14.1. The SMILES string of the molecule is COc1ccc(CSCC(=O)N/N=C/c2cc(C)n(-c3cccc(Cl)c3Cl)c2C)cc1. The molecule has 0 bridgehead atoms. The molecule has 0 saturated heterocycles. The van der Waals surface area contributed by atoms with Crippen LogP contribution < -0.4 is 10.2 Å². The first kappa shape index (κ1) is 23.3. The molecule has 8 heteroatoms. The number of ether oxygens (including phenoxy) is 1. The van der Waals surface area contributed by atoms with E-state index in [1.807, 2.05) is 60.9 Å². The van der Waals surface area contributed by atoms with E-state index in [1.54, 1.807) is 19.4 Å². The summed E-state index contributed by atoms with van der Waals surface area (Å²) in [5, 5.41) is 5.11. The highest BCUT2D eigenvalue weighted by molar-refractivity contribution is 7.99. The Balaban J connectivity index is 1.57. The Bertz CT molecular complexity index is 1090. The molecule has 0 radical (unpaired) electrons. The maximum atomic E-state index is 12.1. The van der Waals surface area contributed by atoms with Crippen LogP contribution in [-0.4, -0.2) is 29.6 Å². The van der Waals surface area contributed by atoms with Gasteiger partial charge in [-0.3, -0.25) is 4.79 Å². The average Bonchev–Trinajstić information content (AvgIpc) is 3.04. The van der Waals surface area contributed by atoms with Crippen molar-refractivity contribution < 1.29 is 9.53 Å². The standard InChI is InChI=1S/C23H23Cl2N3O2S/c1-15-11-18(16(2)28(15)21-6-4-5-20(24)23(21)25)12-26-27-22(29)14-31-13-17-7-9-19(30-3)10-8-17/h4-12H,13-14H2,1-3H3,(H,27,29)/b26-12+. The van der Waals surface area contributed by atoms with Gasteiger partial charge in [-0.1, -0.05) is 41.4 Å². The molecule has 1 amide bonds. The van der Waals surface area contributed by atoms with E-state index in [9.17, 15) is 4.79 Å².